The number of fused-ring (bicyclic) bond motifs is 2. The van der Waals surface area contributed by atoms with Crippen molar-refractivity contribution < 1.29 is 23.7 Å². The summed E-state index contributed by atoms with van der Waals surface area (Å²) in [7, 11) is 1.57. The lowest BCUT2D eigenvalue weighted by atomic mass is 10.1. The molecule has 0 unspecified atom stereocenters. The highest BCUT2D eigenvalue weighted by Gasteiger charge is 2.17. The standard InChI is InChI=1S/C24H24N2O5/c1-28-20-15-17(16-21-24(20)31-14-13-30-21)8-9-22(27)25-11-4-12-29-19-7-2-5-18-6-3-10-26-23(18)19/h2-3,5-10,15-16H,4,11-14H2,1H3,(H,25,27)/b9-8+. The monoisotopic (exact) mass is 420 g/mol. The fraction of sp³-hybridized carbons (Fsp3) is 0.250. The third kappa shape index (κ3) is 5.06. The zero-order chi connectivity index (χ0) is 21.5. The highest BCUT2D eigenvalue weighted by molar-refractivity contribution is 5.91. The van der Waals surface area contributed by atoms with Gasteiger partial charge in [0.15, 0.2) is 11.5 Å². The number of nitrogens with zero attached hydrogens (tertiary/aromatic N) is 1. The minimum atomic E-state index is -0.180. The smallest absolute Gasteiger partial charge is 0.244 e. The van der Waals surface area contributed by atoms with Gasteiger partial charge >= 0.3 is 0 Å². The largest absolute Gasteiger partial charge is 0.493 e. The first-order chi connectivity index (χ1) is 15.2. The van der Waals surface area contributed by atoms with Crippen LogP contribution in [0.15, 0.2) is 54.7 Å². The van der Waals surface area contributed by atoms with E-state index in [-0.39, 0.29) is 5.91 Å². The Morgan fingerprint density at radius 1 is 1.16 bits per heavy atom. The SMILES string of the molecule is COc1cc(/C=C/C(=O)NCCCOc2cccc3cccnc23)cc2c1OCCO2. The third-order valence-corrected chi connectivity index (χ3v) is 4.75. The van der Waals surface area contributed by atoms with Crippen molar-refractivity contribution in [2.24, 2.45) is 0 Å². The maximum atomic E-state index is 12.1. The van der Waals surface area contributed by atoms with Gasteiger partial charge in [0.1, 0.15) is 24.5 Å². The highest BCUT2D eigenvalue weighted by Crippen LogP contribution is 2.40. The van der Waals surface area contributed by atoms with Crippen molar-refractivity contribution in [3.63, 3.8) is 0 Å². The molecule has 4 rings (SSSR count). The van der Waals surface area contributed by atoms with E-state index in [0.717, 1.165) is 22.2 Å². The van der Waals surface area contributed by atoms with Crippen LogP contribution in [0.3, 0.4) is 0 Å². The number of amides is 1. The number of pyridine rings is 1. The van der Waals surface area contributed by atoms with E-state index in [0.29, 0.717) is 50.0 Å². The van der Waals surface area contributed by atoms with Crippen molar-refractivity contribution >= 4 is 22.9 Å². The number of aromatic nitrogens is 1. The first kappa shape index (κ1) is 20.5. The second kappa shape index (κ2) is 9.84. The van der Waals surface area contributed by atoms with Crippen LogP contribution < -0.4 is 24.3 Å². The Morgan fingerprint density at radius 3 is 2.94 bits per heavy atom. The molecule has 0 aliphatic carbocycles. The van der Waals surface area contributed by atoms with Gasteiger partial charge in [-0.15, -0.1) is 0 Å². The molecule has 7 nitrogen and oxygen atoms in total. The van der Waals surface area contributed by atoms with Gasteiger partial charge in [0.2, 0.25) is 11.7 Å². The number of carbonyl (C=O) groups is 1. The summed E-state index contributed by atoms with van der Waals surface area (Å²) in [6.45, 7) is 1.97. The number of rotatable bonds is 8. The van der Waals surface area contributed by atoms with Crippen molar-refractivity contribution in [2.75, 3.05) is 33.5 Å². The quantitative estimate of drug-likeness (QED) is 0.443. The third-order valence-electron chi connectivity index (χ3n) is 4.75. The van der Waals surface area contributed by atoms with Crippen LogP contribution in [0.5, 0.6) is 23.0 Å². The van der Waals surface area contributed by atoms with Gasteiger partial charge in [-0.1, -0.05) is 18.2 Å². The van der Waals surface area contributed by atoms with E-state index in [1.54, 1.807) is 19.4 Å². The molecule has 0 spiro atoms. The van der Waals surface area contributed by atoms with Gasteiger partial charge in [-0.2, -0.15) is 0 Å². The number of hydrogen-bond donors (Lipinski definition) is 1. The number of carbonyl (C=O) groups excluding carboxylic acids is 1. The average Bonchev–Trinajstić information content (AvgIpc) is 2.82. The van der Waals surface area contributed by atoms with Crippen molar-refractivity contribution in [3.8, 4) is 23.0 Å². The molecule has 0 radical (unpaired) electrons. The summed E-state index contributed by atoms with van der Waals surface area (Å²) < 4.78 is 22.4. The van der Waals surface area contributed by atoms with Crippen LogP contribution in [0.4, 0.5) is 0 Å². The lowest BCUT2D eigenvalue weighted by Gasteiger charge is -2.20. The Bertz CT molecular complexity index is 1070. The van der Waals surface area contributed by atoms with Crippen molar-refractivity contribution in [2.45, 2.75) is 6.42 Å². The van der Waals surface area contributed by atoms with E-state index < -0.39 is 0 Å². The number of ether oxygens (including phenoxy) is 4. The average molecular weight is 420 g/mol. The second-order valence-corrected chi connectivity index (χ2v) is 6.90. The fourth-order valence-corrected chi connectivity index (χ4v) is 3.28. The minimum absolute atomic E-state index is 0.180. The van der Waals surface area contributed by atoms with E-state index in [1.165, 1.54) is 6.08 Å². The van der Waals surface area contributed by atoms with Gasteiger partial charge in [0.25, 0.3) is 0 Å². The Balaban J connectivity index is 1.25. The summed E-state index contributed by atoms with van der Waals surface area (Å²) in [4.78, 5) is 16.5. The molecule has 0 saturated carbocycles. The molecule has 160 valence electrons. The molecule has 2 heterocycles. The second-order valence-electron chi connectivity index (χ2n) is 6.90. The van der Waals surface area contributed by atoms with Gasteiger partial charge < -0.3 is 24.3 Å². The van der Waals surface area contributed by atoms with Crippen LogP contribution in [0.2, 0.25) is 0 Å². The van der Waals surface area contributed by atoms with Crippen molar-refractivity contribution in [1.29, 1.82) is 0 Å². The number of benzene rings is 2. The molecule has 1 aromatic heterocycles. The minimum Gasteiger partial charge on any atom is -0.493 e. The molecule has 2 aromatic carbocycles. The Kier molecular flexibility index (Phi) is 6.52. The topological polar surface area (TPSA) is 78.9 Å². The number of hydrogen-bond acceptors (Lipinski definition) is 6. The molecule has 1 N–H and O–H groups in total. The summed E-state index contributed by atoms with van der Waals surface area (Å²) in [5.41, 5.74) is 1.63. The number of methoxy groups -OCH3 is 1. The van der Waals surface area contributed by atoms with Gasteiger partial charge in [0, 0.05) is 24.2 Å². The Morgan fingerprint density at radius 2 is 2.03 bits per heavy atom. The lowest BCUT2D eigenvalue weighted by Crippen LogP contribution is -2.23. The Hall–Kier alpha value is -3.74. The van der Waals surface area contributed by atoms with Crippen molar-refractivity contribution in [1.82, 2.24) is 10.3 Å². The Labute approximate surface area is 180 Å². The molecule has 31 heavy (non-hydrogen) atoms. The van der Waals surface area contributed by atoms with Crippen LogP contribution in [0.25, 0.3) is 17.0 Å². The van der Waals surface area contributed by atoms with Crippen LogP contribution in [-0.2, 0) is 4.79 Å². The molecule has 1 aliphatic heterocycles. The molecule has 3 aromatic rings. The van der Waals surface area contributed by atoms with E-state index in [1.807, 2.05) is 42.5 Å². The molecule has 1 amide bonds. The van der Waals surface area contributed by atoms with E-state index in [9.17, 15) is 4.79 Å². The van der Waals surface area contributed by atoms with Crippen LogP contribution in [-0.4, -0.2) is 44.4 Å². The molecule has 0 fully saturated rings. The predicted octanol–water partition coefficient (Wildman–Crippen LogP) is 3.61. The van der Waals surface area contributed by atoms with Gasteiger partial charge in [-0.3, -0.25) is 9.78 Å². The predicted molar refractivity (Wildman–Crippen MR) is 118 cm³/mol. The lowest BCUT2D eigenvalue weighted by molar-refractivity contribution is -0.116. The zero-order valence-corrected chi connectivity index (χ0v) is 17.3. The van der Waals surface area contributed by atoms with Crippen LogP contribution in [0.1, 0.15) is 12.0 Å². The maximum Gasteiger partial charge on any atom is 0.244 e. The number of para-hydroxylation sites is 1. The van der Waals surface area contributed by atoms with Gasteiger partial charge in [-0.05, 0) is 42.3 Å². The molecule has 0 bridgehead atoms. The molecule has 0 saturated heterocycles. The van der Waals surface area contributed by atoms with E-state index >= 15 is 0 Å². The highest BCUT2D eigenvalue weighted by atomic mass is 16.6. The zero-order valence-electron chi connectivity index (χ0n) is 17.3. The first-order valence-corrected chi connectivity index (χ1v) is 10.1. The molecular formula is C24H24N2O5. The summed E-state index contributed by atoms with van der Waals surface area (Å²) in [5, 5.41) is 3.90. The van der Waals surface area contributed by atoms with E-state index in [4.69, 9.17) is 18.9 Å². The normalized spacial score (nSPS) is 12.7. The van der Waals surface area contributed by atoms with Crippen LogP contribution >= 0.6 is 0 Å². The summed E-state index contributed by atoms with van der Waals surface area (Å²) in [5.74, 6) is 2.36. The van der Waals surface area contributed by atoms with Gasteiger partial charge in [-0.25, -0.2) is 0 Å². The first-order valence-electron chi connectivity index (χ1n) is 10.1. The molecular weight excluding hydrogens is 396 g/mol. The molecule has 0 atom stereocenters. The maximum absolute atomic E-state index is 12.1. The molecule has 1 aliphatic rings. The summed E-state index contributed by atoms with van der Waals surface area (Å²) >= 11 is 0. The fourth-order valence-electron chi connectivity index (χ4n) is 3.28. The van der Waals surface area contributed by atoms with Crippen molar-refractivity contribution in [3.05, 3.63) is 60.3 Å². The van der Waals surface area contributed by atoms with Crippen LogP contribution in [0, 0.1) is 0 Å². The molecule has 7 heteroatoms. The van der Waals surface area contributed by atoms with E-state index in [2.05, 4.69) is 10.3 Å². The summed E-state index contributed by atoms with van der Waals surface area (Å²) in [6, 6.07) is 13.4. The van der Waals surface area contributed by atoms with Gasteiger partial charge in [0.05, 0.1) is 13.7 Å². The summed E-state index contributed by atoms with van der Waals surface area (Å²) in [6.07, 6.45) is 5.63. The number of nitrogens with one attached hydrogen (secondary N) is 1.